The fourth-order valence-corrected chi connectivity index (χ4v) is 4.31. The summed E-state index contributed by atoms with van der Waals surface area (Å²) in [5.41, 5.74) is 1.14. The third kappa shape index (κ3) is 5.40. The van der Waals surface area contributed by atoms with Gasteiger partial charge in [-0.25, -0.2) is 4.98 Å². The molecule has 0 radical (unpaired) electrons. The summed E-state index contributed by atoms with van der Waals surface area (Å²) in [5, 5.41) is 3.50. The topological polar surface area (TPSA) is 62.2 Å². The molecule has 1 aliphatic carbocycles. The Morgan fingerprint density at radius 1 is 1.10 bits per heavy atom. The van der Waals surface area contributed by atoms with Gasteiger partial charge < -0.3 is 24.6 Å². The van der Waals surface area contributed by atoms with Crippen LogP contribution in [0.5, 0.6) is 11.5 Å². The number of benzene rings is 1. The predicted molar refractivity (Wildman–Crippen MR) is 124 cm³/mol. The van der Waals surface area contributed by atoms with Crippen molar-refractivity contribution in [3.8, 4) is 11.5 Å². The van der Waals surface area contributed by atoms with Crippen molar-refractivity contribution in [1.29, 1.82) is 0 Å². The van der Waals surface area contributed by atoms with E-state index in [0.29, 0.717) is 12.6 Å². The van der Waals surface area contributed by atoms with Crippen molar-refractivity contribution in [2.24, 2.45) is 4.99 Å². The molecule has 0 unspecified atom stereocenters. The standard InChI is InChI=1S/C24H33N5O2/c1-25-24(29-15-13-28(14-16-29)23-9-5-6-12-26-23)27-18-19-10-11-21(22(17-19)30-2)31-20-7-3-4-8-20/h5-6,9-12,17,20H,3-4,7-8,13-16,18H2,1-2H3,(H,25,27). The van der Waals surface area contributed by atoms with E-state index in [4.69, 9.17) is 9.47 Å². The quantitative estimate of drug-likeness (QED) is 0.568. The monoisotopic (exact) mass is 423 g/mol. The summed E-state index contributed by atoms with van der Waals surface area (Å²) >= 11 is 0. The number of rotatable bonds is 6. The summed E-state index contributed by atoms with van der Waals surface area (Å²) in [6.07, 6.45) is 6.95. The molecule has 2 aliphatic rings. The maximum atomic E-state index is 6.15. The van der Waals surface area contributed by atoms with Crippen molar-refractivity contribution in [1.82, 2.24) is 15.2 Å². The number of aliphatic imine (C=N–C) groups is 1. The molecule has 1 aliphatic heterocycles. The van der Waals surface area contributed by atoms with Gasteiger partial charge in [0.1, 0.15) is 5.82 Å². The van der Waals surface area contributed by atoms with E-state index in [2.05, 4.69) is 43.3 Å². The Kier molecular flexibility index (Phi) is 7.12. The minimum Gasteiger partial charge on any atom is -0.493 e. The zero-order chi connectivity index (χ0) is 21.5. The van der Waals surface area contributed by atoms with E-state index in [1.54, 1.807) is 7.11 Å². The van der Waals surface area contributed by atoms with Crippen molar-refractivity contribution < 1.29 is 9.47 Å². The van der Waals surface area contributed by atoms with Crippen molar-refractivity contribution in [2.45, 2.75) is 38.3 Å². The first-order valence-electron chi connectivity index (χ1n) is 11.2. The van der Waals surface area contributed by atoms with Gasteiger partial charge in [0.15, 0.2) is 17.5 Å². The van der Waals surface area contributed by atoms with Gasteiger partial charge >= 0.3 is 0 Å². The van der Waals surface area contributed by atoms with Gasteiger partial charge in [0.2, 0.25) is 0 Å². The molecule has 2 fully saturated rings. The Morgan fingerprint density at radius 2 is 1.90 bits per heavy atom. The molecule has 1 saturated heterocycles. The average molecular weight is 424 g/mol. The normalized spacial score (nSPS) is 17.7. The number of nitrogens with one attached hydrogen (secondary N) is 1. The molecule has 7 nitrogen and oxygen atoms in total. The molecular weight excluding hydrogens is 390 g/mol. The van der Waals surface area contributed by atoms with Gasteiger partial charge in [-0.3, -0.25) is 4.99 Å². The molecule has 0 atom stereocenters. The van der Waals surface area contributed by atoms with E-state index in [0.717, 1.165) is 67.9 Å². The molecule has 4 rings (SSSR count). The van der Waals surface area contributed by atoms with Gasteiger partial charge in [0, 0.05) is 46.0 Å². The zero-order valence-electron chi connectivity index (χ0n) is 18.6. The van der Waals surface area contributed by atoms with Crippen LogP contribution in [0, 0.1) is 0 Å². The smallest absolute Gasteiger partial charge is 0.194 e. The van der Waals surface area contributed by atoms with E-state index in [9.17, 15) is 0 Å². The fourth-order valence-electron chi connectivity index (χ4n) is 4.31. The fraction of sp³-hybridized carbons (Fsp3) is 0.500. The average Bonchev–Trinajstić information content (AvgIpc) is 3.34. The number of ether oxygens (including phenoxy) is 2. The van der Waals surface area contributed by atoms with Gasteiger partial charge in [-0.1, -0.05) is 12.1 Å². The molecule has 7 heteroatoms. The molecule has 1 aromatic heterocycles. The number of guanidine groups is 1. The van der Waals surface area contributed by atoms with Crippen LogP contribution in [0.15, 0.2) is 47.6 Å². The number of nitrogens with zero attached hydrogens (tertiary/aromatic N) is 4. The first-order chi connectivity index (χ1) is 15.3. The second-order valence-corrected chi connectivity index (χ2v) is 8.07. The molecular formula is C24H33N5O2. The van der Waals surface area contributed by atoms with Crippen molar-refractivity contribution in [3.05, 3.63) is 48.2 Å². The lowest BCUT2D eigenvalue weighted by Crippen LogP contribution is -2.52. The van der Waals surface area contributed by atoms with Gasteiger partial charge in [-0.15, -0.1) is 0 Å². The Bertz CT molecular complexity index is 860. The summed E-state index contributed by atoms with van der Waals surface area (Å²) in [6, 6.07) is 12.2. The van der Waals surface area contributed by atoms with E-state index < -0.39 is 0 Å². The maximum absolute atomic E-state index is 6.15. The Labute approximate surface area is 185 Å². The van der Waals surface area contributed by atoms with Crippen LogP contribution in [-0.4, -0.2) is 62.3 Å². The van der Waals surface area contributed by atoms with Crippen molar-refractivity contribution >= 4 is 11.8 Å². The predicted octanol–water partition coefficient (Wildman–Crippen LogP) is 3.31. The van der Waals surface area contributed by atoms with Crippen molar-refractivity contribution in [2.75, 3.05) is 45.2 Å². The summed E-state index contributed by atoms with van der Waals surface area (Å²) in [7, 11) is 3.54. The molecule has 2 aromatic rings. The van der Waals surface area contributed by atoms with Crippen LogP contribution in [0.2, 0.25) is 0 Å². The van der Waals surface area contributed by atoms with E-state index in [-0.39, 0.29) is 0 Å². The molecule has 2 heterocycles. The van der Waals surface area contributed by atoms with Gasteiger partial charge in [0.25, 0.3) is 0 Å². The maximum Gasteiger partial charge on any atom is 0.194 e. The van der Waals surface area contributed by atoms with E-state index >= 15 is 0 Å². The lowest BCUT2D eigenvalue weighted by atomic mass is 10.2. The lowest BCUT2D eigenvalue weighted by Gasteiger charge is -2.37. The number of anilines is 1. The highest BCUT2D eigenvalue weighted by Gasteiger charge is 2.21. The van der Waals surface area contributed by atoms with Crippen LogP contribution in [-0.2, 0) is 6.54 Å². The van der Waals surface area contributed by atoms with Crippen LogP contribution < -0.4 is 19.7 Å². The molecule has 0 amide bonds. The number of hydrogen-bond donors (Lipinski definition) is 1. The Morgan fingerprint density at radius 3 is 2.58 bits per heavy atom. The second-order valence-electron chi connectivity index (χ2n) is 8.07. The highest BCUT2D eigenvalue weighted by Crippen LogP contribution is 2.32. The summed E-state index contributed by atoms with van der Waals surface area (Å²) in [6.45, 7) is 4.37. The SMILES string of the molecule is CN=C(NCc1ccc(OC2CCCC2)c(OC)c1)N1CCN(c2ccccn2)CC1. The minimum absolute atomic E-state index is 0.321. The van der Waals surface area contributed by atoms with Crippen LogP contribution in [0.1, 0.15) is 31.2 Å². The van der Waals surface area contributed by atoms with E-state index in [1.807, 2.05) is 31.4 Å². The largest absolute Gasteiger partial charge is 0.493 e. The van der Waals surface area contributed by atoms with Crippen molar-refractivity contribution in [3.63, 3.8) is 0 Å². The molecule has 31 heavy (non-hydrogen) atoms. The van der Waals surface area contributed by atoms with Crippen LogP contribution in [0.3, 0.4) is 0 Å². The van der Waals surface area contributed by atoms with Gasteiger partial charge in [-0.05, 0) is 55.5 Å². The number of piperazine rings is 1. The highest BCUT2D eigenvalue weighted by molar-refractivity contribution is 5.80. The minimum atomic E-state index is 0.321. The Balaban J connectivity index is 1.31. The first kappa shape index (κ1) is 21.3. The van der Waals surface area contributed by atoms with Gasteiger partial charge in [-0.2, -0.15) is 0 Å². The summed E-state index contributed by atoms with van der Waals surface area (Å²) < 4.78 is 11.7. The Hall–Kier alpha value is -2.96. The molecule has 1 saturated carbocycles. The third-order valence-corrected chi connectivity index (χ3v) is 6.04. The van der Waals surface area contributed by atoms with Crippen LogP contribution >= 0.6 is 0 Å². The van der Waals surface area contributed by atoms with Crippen LogP contribution in [0.4, 0.5) is 5.82 Å². The number of methoxy groups -OCH3 is 1. The number of aromatic nitrogens is 1. The molecule has 0 spiro atoms. The first-order valence-corrected chi connectivity index (χ1v) is 11.2. The third-order valence-electron chi connectivity index (χ3n) is 6.04. The molecule has 1 N–H and O–H groups in total. The lowest BCUT2D eigenvalue weighted by molar-refractivity contribution is 0.200. The zero-order valence-corrected chi connectivity index (χ0v) is 18.6. The number of hydrogen-bond acceptors (Lipinski definition) is 5. The summed E-state index contributed by atoms with van der Waals surface area (Å²) in [4.78, 5) is 13.6. The van der Waals surface area contributed by atoms with E-state index in [1.165, 1.54) is 12.8 Å². The highest BCUT2D eigenvalue weighted by atomic mass is 16.5. The molecule has 0 bridgehead atoms. The molecule has 166 valence electrons. The van der Waals surface area contributed by atoms with Gasteiger partial charge in [0.05, 0.1) is 13.2 Å². The molecule has 1 aromatic carbocycles. The second kappa shape index (κ2) is 10.4. The summed E-state index contributed by atoms with van der Waals surface area (Å²) in [5.74, 6) is 3.60. The van der Waals surface area contributed by atoms with Crippen LogP contribution in [0.25, 0.3) is 0 Å². The number of pyridine rings is 1.